The highest BCUT2D eigenvalue weighted by Crippen LogP contribution is 2.38. The van der Waals surface area contributed by atoms with Gasteiger partial charge < -0.3 is 24.2 Å². The van der Waals surface area contributed by atoms with Crippen molar-refractivity contribution in [2.75, 3.05) is 31.2 Å². The number of aromatic nitrogens is 6. The summed E-state index contributed by atoms with van der Waals surface area (Å²) in [5.41, 5.74) is 3.13. The fourth-order valence-corrected chi connectivity index (χ4v) is 5.58. The minimum absolute atomic E-state index is 0.161. The third-order valence-electron chi connectivity index (χ3n) is 7.76. The Bertz CT molecular complexity index is 1660. The summed E-state index contributed by atoms with van der Waals surface area (Å²) in [6.07, 6.45) is 4.13. The van der Waals surface area contributed by atoms with E-state index in [9.17, 15) is 9.90 Å². The molecule has 0 radical (unpaired) electrons. The topological polar surface area (TPSA) is 129 Å². The molecule has 1 aliphatic heterocycles. The number of nitrogens with zero attached hydrogens (tertiary/aromatic N) is 7. The smallest absolute Gasteiger partial charge is 0.340 e. The van der Waals surface area contributed by atoms with Gasteiger partial charge >= 0.3 is 5.97 Å². The molecular formula is C33H43N7O5. The molecule has 1 saturated heterocycles. The first-order valence-electron chi connectivity index (χ1n) is 15.3. The maximum atomic E-state index is 13.5. The van der Waals surface area contributed by atoms with Crippen LogP contribution in [0.25, 0.3) is 16.9 Å². The van der Waals surface area contributed by atoms with Crippen molar-refractivity contribution in [3.05, 3.63) is 66.1 Å². The Labute approximate surface area is 263 Å². The van der Waals surface area contributed by atoms with Crippen molar-refractivity contribution in [3.63, 3.8) is 0 Å². The van der Waals surface area contributed by atoms with E-state index in [1.54, 1.807) is 40.4 Å². The van der Waals surface area contributed by atoms with Crippen LogP contribution in [0.15, 0.2) is 49.2 Å². The molecule has 1 aromatic carbocycles. The number of benzene rings is 1. The van der Waals surface area contributed by atoms with Crippen LogP contribution in [0.4, 0.5) is 5.82 Å². The monoisotopic (exact) mass is 617 g/mol. The Balaban J connectivity index is 1.57. The van der Waals surface area contributed by atoms with Gasteiger partial charge in [0.25, 0.3) is 0 Å². The van der Waals surface area contributed by atoms with E-state index in [2.05, 4.69) is 28.7 Å². The van der Waals surface area contributed by atoms with Gasteiger partial charge in [-0.3, -0.25) is 0 Å². The van der Waals surface area contributed by atoms with Crippen LogP contribution >= 0.6 is 0 Å². The number of piperidine rings is 1. The van der Waals surface area contributed by atoms with Crippen LogP contribution in [0.1, 0.15) is 70.5 Å². The van der Waals surface area contributed by atoms with Crippen LogP contribution in [0.5, 0.6) is 5.75 Å². The normalized spacial score (nSPS) is 15.7. The molecular weight excluding hydrogens is 574 g/mol. The standard InChI is InChI=1S/C33H43N7O5/c1-8-17-44-33(7)13-15-38(16-14-33)30-28(29(31(42)43-9-2)45-32(4,5)6)22(3)34-27-19-24(36-40(27)30)20-39-21-26(35-37-39)23-11-10-12-25(41)18-23/h8,10-12,18-19,21,29,41H,1,9,13-17,20H2,2-7H3. The average Bonchev–Trinajstić information content (AvgIpc) is 3.61. The number of anilines is 1. The summed E-state index contributed by atoms with van der Waals surface area (Å²) in [4.78, 5) is 20.6. The fourth-order valence-electron chi connectivity index (χ4n) is 5.58. The lowest BCUT2D eigenvalue weighted by atomic mass is 9.92. The van der Waals surface area contributed by atoms with Crippen molar-refractivity contribution >= 4 is 17.4 Å². The molecule has 12 nitrogen and oxygen atoms in total. The predicted octanol–water partition coefficient (Wildman–Crippen LogP) is 5.03. The van der Waals surface area contributed by atoms with Gasteiger partial charge in [-0.05, 0) is 66.5 Å². The van der Waals surface area contributed by atoms with E-state index < -0.39 is 17.7 Å². The molecule has 1 aliphatic rings. The number of aromatic hydroxyl groups is 1. The van der Waals surface area contributed by atoms with Gasteiger partial charge in [-0.15, -0.1) is 11.7 Å². The largest absolute Gasteiger partial charge is 0.508 e. The molecule has 1 fully saturated rings. The zero-order valence-electron chi connectivity index (χ0n) is 27.0. The molecule has 12 heteroatoms. The lowest BCUT2D eigenvalue weighted by molar-refractivity contribution is -0.166. The van der Waals surface area contributed by atoms with Crippen molar-refractivity contribution in [3.8, 4) is 17.0 Å². The Morgan fingerprint density at radius 2 is 1.98 bits per heavy atom. The quantitative estimate of drug-likeness (QED) is 0.181. The van der Waals surface area contributed by atoms with E-state index in [1.807, 2.05) is 46.0 Å². The van der Waals surface area contributed by atoms with Gasteiger partial charge in [0.15, 0.2) is 11.8 Å². The number of carbonyl (C=O) groups excluding carboxylic acids is 1. The second-order valence-corrected chi connectivity index (χ2v) is 12.6. The van der Waals surface area contributed by atoms with Gasteiger partial charge in [-0.2, -0.15) is 9.61 Å². The van der Waals surface area contributed by atoms with E-state index in [0.717, 1.165) is 24.2 Å². The van der Waals surface area contributed by atoms with Crippen LogP contribution in [0.2, 0.25) is 0 Å². The van der Waals surface area contributed by atoms with Gasteiger partial charge in [-0.25, -0.2) is 14.5 Å². The maximum Gasteiger partial charge on any atom is 0.340 e. The number of hydrogen-bond donors (Lipinski definition) is 1. The number of phenols is 1. The van der Waals surface area contributed by atoms with Gasteiger partial charge in [0.1, 0.15) is 17.3 Å². The van der Waals surface area contributed by atoms with E-state index in [-0.39, 0.29) is 18.0 Å². The number of hydrogen-bond acceptors (Lipinski definition) is 10. The minimum atomic E-state index is -1.00. The molecule has 1 atom stereocenters. The highest BCUT2D eigenvalue weighted by atomic mass is 16.6. The van der Waals surface area contributed by atoms with E-state index in [0.29, 0.717) is 54.5 Å². The van der Waals surface area contributed by atoms with Crippen molar-refractivity contribution in [1.82, 2.24) is 29.6 Å². The Morgan fingerprint density at radius 1 is 1.22 bits per heavy atom. The van der Waals surface area contributed by atoms with Crippen molar-refractivity contribution in [2.24, 2.45) is 0 Å². The second kappa shape index (κ2) is 13.0. The molecule has 45 heavy (non-hydrogen) atoms. The van der Waals surface area contributed by atoms with Gasteiger partial charge in [0, 0.05) is 30.4 Å². The molecule has 0 bridgehead atoms. The number of esters is 1. The first kappa shape index (κ1) is 32.1. The number of ether oxygens (including phenoxy) is 3. The third-order valence-corrected chi connectivity index (χ3v) is 7.76. The molecule has 1 unspecified atom stereocenters. The zero-order valence-corrected chi connectivity index (χ0v) is 27.0. The van der Waals surface area contributed by atoms with Crippen LogP contribution < -0.4 is 4.90 Å². The van der Waals surface area contributed by atoms with Crippen molar-refractivity contribution in [2.45, 2.75) is 78.2 Å². The van der Waals surface area contributed by atoms with E-state index in [4.69, 9.17) is 24.3 Å². The number of fused-ring (bicyclic) bond motifs is 1. The summed E-state index contributed by atoms with van der Waals surface area (Å²) >= 11 is 0. The lowest BCUT2D eigenvalue weighted by Gasteiger charge is -2.41. The SMILES string of the molecule is C=CCOC1(C)CCN(c2c(C(OC(C)(C)C)C(=O)OCC)c(C)nc3cc(Cn4cc(-c5cccc(O)c5)nn4)nn23)CC1. The molecule has 240 valence electrons. The summed E-state index contributed by atoms with van der Waals surface area (Å²) in [5, 5.41) is 23.4. The molecule has 0 aliphatic carbocycles. The second-order valence-electron chi connectivity index (χ2n) is 12.6. The highest BCUT2D eigenvalue weighted by Gasteiger charge is 2.38. The first-order chi connectivity index (χ1) is 21.4. The summed E-state index contributed by atoms with van der Waals surface area (Å²) in [5.74, 6) is 0.438. The summed E-state index contributed by atoms with van der Waals surface area (Å²) in [7, 11) is 0. The molecule has 0 spiro atoms. The number of carbonyl (C=O) groups is 1. The predicted molar refractivity (Wildman–Crippen MR) is 170 cm³/mol. The molecule has 0 amide bonds. The lowest BCUT2D eigenvalue weighted by Crippen LogP contribution is -2.45. The van der Waals surface area contributed by atoms with Crippen LogP contribution in [-0.2, 0) is 25.5 Å². The Kier molecular flexibility index (Phi) is 9.26. The highest BCUT2D eigenvalue weighted by molar-refractivity contribution is 5.80. The van der Waals surface area contributed by atoms with Crippen molar-refractivity contribution < 1.29 is 24.1 Å². The maximum absolute atomic E-state index is 13.5. The number of rotatable bonds is 11. The van der Waals surface area contributed by atoms with Crippen LogP contribution in [0, 0.1) is 6.92 Å². The fraction of sp³-hybridized carbons (Fsp3) is 0.485. The summed E-state index contributed by atoms with van der Waals surface area (Å²) in [6, 6.07) is 8.81. The summed E-state index contributed by atoms with van der Waals surface area (Å²) in [6.45, 7) is 17.8. The number of phenolic OH excluding ortho intramolecular Hbond substituents is 1. The van der Waals surface area contributed by atoms with E-state index in [1.165, 1.54) is 0 Å². The molecule has 5 rings (SSSR count). The molecule has 1 N–H and O–H groups in total. The summed E-state index contributed by atoms with van der Waals surface area (Å²) < 4.78 is 21.5. The van der Waals surface area contributed by atoms with Crippen LogP contribution in [-0.4, -0.2) is 78.2 Å². The van der Waals surface area contributed by atoms with Gasteiger partial charge in [0.2, 0.25) is 0 Å². The zero-order chi connectivity index (χ0) is 32.4. The van der Waals surface area contributed by atoms with E-state index >= 15 is 0 Å². The van der Waals surface area contributed by atoms with Gasteiger partial charge in [-0.1, -0.05) is 23.4 Å². The molecule has 0 saturated carbocycles. The first-order valence-corrected chi connectivity index (χ1v) is 15.3. The van der Waals surface area contributed by atoms with Crippen LogP contribution in [0.3, 0.4) is 0 Å². The van der Waals surface area contributed by atoms with Gasteiger partial charge in [0.05, 0.1) is 48.4 Å². The molecule has 4 aromatic rings. The number of aryl methyl sites for hydroxylation is 1. The minimum Gasteiger partial charge on any atom is -0.508 e. The molecule has 3 aromatic heterocycles. The van der Waals surface area contributed by atoms with Crippen molar-refractivity contribution in [1.29, 1.82) is 0 Å². The Morgan fingerprint density at radius 3 is 2.64 bits per heavy atom. The molecule has 4 heterocycles. The average molecular weight is 618 g/mol. The third kappa shape index (κ3) is 7.34. The Hall–Kier alpha value is -4.29.